The molecule has 0 saturated carbocycles. The van der Waals surface area contributed by atoms with Gasteiger partial charge in [0.1, 0.15) is 5.82 Å². The summed E-state index contributed by atoms with van der Waals surface area (Å²) < 4.78 is 57.0. The molecular formula is C23H23F4N3O2. The van der Waals surface area contributed by atoms with Crippen molar-refractivity contribution in [1.29, 1.82) is 0 Å². The molecule has 170 valence electrons. The first-order valence-electron chi connectivity index (χ1n) is 10.4. The molecule has 0 saturated heterocycles. The first-order valence-corrected chi connectivity index (χ1v) is 10.4. The van der Waals surface area contributed by atoms with Gasteiger partial charge in [-0.25, -0.2) is 14.4 Å². The highest BCUT2D eigenvalue weighted by molar-refractivity contribution is 5.91. The minimum Gasteiger partial charge on any atom is -0.505 e. The van der Waals surface area contributed by atoms with E-state index in [4.69, 9.17) is 0 Å². The molecular weight excluding hydrogens is 426 g/mol. The number of rotatable bonds is 4. The van der Waals surface area contributed by atoms with Gasteiger partial charge in [-0.15, -0.1) is 0 Å². The maximum absolute atomic E-state index is 14.3. The first kappa shape index (κ1) is 22.3. The summed E-state index contributed by atoms with van der Waals surface area (Å²) in [6, 6.07) is 5.35. The Labute approximate surface area is 182 Å². The highest BCUT2D eigenvalue weighted by Crippen LogP contribution is 2.55. The van der Waals surface area contributed by atoms with Crippen molar-refractivity contribution < 1.29 is 27.8 Å². The third kappa shape index (κ3) is 3.54. The Bertz CT molecular complexity index is 1170. The van der Waals surface area contributed by atoms with E-state index in [-0.39, 0.29) is 17.5 Å². The fraction of sp³-hybridized carbons (Fsp3) is 0.391. The number of nitrogens with zero attached hydrogens (tertiary/aromatic N) is 2. The van der Waals surface area contributed by atoms with Crippen molar-refractivity contribution in [3.8, 4) is 5.75 Å². The van der Waals surface area contributed by atoms with Crippen LogP contribution in [0.1, 0.15) is 55.1 Å². The fourth-order valence-electron chi connectivity index (χ4n) is 4.63. The number of benzene rings is 2. The number of hydrogen-bond acceptors (Lipinski definition) is 5. The number of nitrogens with one attached hydrogen (secondary N) is 1. The Balaban J connectivity index is 1.92. The van der Waals surface area contributed by atoms with Gasteiger partial charge in [-0.1, -0.05) is 25.5 Å². The number of aromatic nitrogens is 2. The van der Waals surface area contributed by atoms with Gasteiger partial charge in [0.25, 0.3) is 0 Å². The van der Waals surface area contributed by atoms with Crippen LogP contribution in [0.15, 0.2) is 36.5 Å². The quantitative estimate of drug-likeness (QED) is 0.458. The zero-order chi connectivity index (χ0) is 23.3. The molecule has 5 nitrogen and oxygen atoms in total. The second kappa shape index (κ2) is 7.88. The lowest BCUT2D eigenvalue weighted by Gasteiger charge is -2.46. The van der Waals surface area contributed by atoms with Gasteiger partial charge in [0.15, 0.2) is 17.2 Å². The van der Waals surface area contributed by atoms with Crippen LogP contribution < -0.4 is 5.32 Å². The van der Waals surface area contributed by atoms with Gasteiger partial charge in [0.2, 0.25) is 0 Å². The lowest BCUT2D eigenvalue weighted by molar-refractivity contribution is -0.273. The lowest BCUT2D eigenvalue weighted by atomic mass is 9.68. The Hall–Kier alpha value is -2.94. The zero-order valence-corrected chi connectivity index (χ0v) is 17.5. The van der Waals surface area contributed by atoms with Crippen molar-refractivity contribution in [3.63, 3.8) is 0 Å². The highest BCUT2D eigenvalue weighted by Gasteiger charge is 2.62. The number of phenols is 1. The van der Waals surface area contributed by atoms with E-state index in [1.165, 1.54) is 12.3 Å². The van der Waals surface area contributed by atoms with E-state index >= 15 is 0 Å². The molecule has 1 aromatic heterocycles. The molecule has 0 fully saturated rings. The molecule has 0 spiro atoms. The van der Waals surface area contributed by atoms with Crippen molar-refractivity contribution in [2.75, 3.05) is 5.32 Å². The Morgan fingerprint density at radius 3 is 2.66 bits per heavy atom. The molecule has 3 atom stereocenters. The molecule has 3 N–H and O–H groups in total. The summed E-state index contributed by atoms with van der Waals surface area (Å²) in [6.45, 7) is 3.48. The maximum Gasteiger partial charge on any atom is 0.419 e. The number of phenolic OH excluding ortho intramolecular Hbond substituents is 1. The predicted molar refractivity (Wildman–Crippen MR) is 112 cm³/mol. The van der Waals surface area contributed by atoms with Crippen LogP contribution in [0.2, 0.25) is 0 Å². The standard InChI is InChI=1S/C23H23F4N3O2/c1-3-5-13-10-22(32,23(25,26)27)21(14-8-9-16(24)20(31)19(13)14)30-18-7-4-6-17-15(18)11-28-12(2)29-17/h4,6-9,11,13,21,30-32H,3,5,10H2,1-2H3/t13-,21-,22?/m0/s1. The second-order valence-corrected chi connectivity index (χ2v) is 8.24. The monoisotopic (exact) mass is 449 g/mol. The van der Waals surface area contributed by atoms with Crippen LogP contribution in [0.4, 0.5) is 23.2 Å². The van der Waals surface area contributed by atoms with Gasteiger partial charge in [-0.2, -0.15) is 13.2 Å². The van der Waals surface area contributed by atoms with Crippen LogP contribution in [0.3, 0.4) is 0 Å². The van der Waals surface area contributed by atoms with Crippen LogP contribution in [0.25, 0.3) is 10.9 Å². The summed E-state index contributed by atoms with van der Waals surface area (Å²) in [5.41, 5.74) is -2.21. The molecule has 1 aliphatic rings. The summed E-state index contributed by atoms with van der Waals surface area (Å²) in [5, 5.41) is 24.8. The molecule has 0 radical (unpaired) electrons. The van der Waals surface area contributed by atoms with E-state index in [1.54, 1.807) is 32.0 Å². The van der Waals surface area contributed by atoms with Gasteiger partial charge in [-0.3, -0.25) is 0 Å². The summed E-state index contributed by atoms with van der Waals surface area (Å²) >= 11 is 0. The van der Waals surface area contributed by atoms with Crippen molar-refractivity contribution in [3.05, 3.63) is 59.3 Å². The van der Waals surface area contributed by atoms with Crippen LogP contribution in [0, 0.1) is 12.7 Å². The van der Waals surface area contributed by atoms with E-state index < -0.39 is 41.7 Å². The third-order valence-corrected chi connectivity index (χ3v) is 6.13. The van der Waals surface area contributed by atoms with Crippen LogP contribution >= 0.6 is 0 Å². The number of aliphatic hydroxyl groups is 1. The van der Waals surface area contributed by atoms with E-state index in [9.17, 15) is 27.8 Å². The normalized spacial score (nSPS) is 23.2. The number of fused-ring (bicyclic) bond motifs is 2. The Morgan fingerprint density at radius 2 is 1.97 bits per heavy atom. The molecule has 0 amide bonds. The van der Waals surface area contributed by atoms with Crippen molar-refractivity contribution in [2.24, 2.45) is 0 Å². The average molecular weight is 449 g/mol. The predicted octanol–water partition coefficient (Wildman–Crippen LogP) is 5.52. The molecule has 4 rings (SSSR count). The number of hydrogen-bond donors (Lipinski definition) is 3. The summed E-state index contributed by atoms with van der Waals surface area (Å²) in [6.07, 6.45) is -3.41. The number of alkyl halides is 3. The topological polar surface area (TPSA) is 78.3 Å². The van der Waals surface area contributed by atoms with Crippen LogP contribution in [-0.4, -0.2) is 32.0 Å². The van der Waals surface area contributed by atoms with Gasteiger partial charge in [0, 0.05) is 22.8 Å². The smallest absolute Gasteiger partial charge is 0.419 e. The maximum atomic E-state index is 14.3. The first-order chi connectivity index (χ1) is 15.1. The minimum absolute atomic E-state index is 0.0125. The summed E-state index contributed by atoms with van der Waals surface area (Å²) in [4.78, 5) is 8.42. The minimum atomic E-state index is -4.98. The zero-order valence-electron chi connectivity index (χ0n) is 17.5. The van der Waals surface area contributed by atoms with E-state index in [1.807, 2.05) is 0 Å². The van der Waals surface area contributed by atoms with Crippen molar-refractivity contribution in [2.45, 2.75) is 56.8 Å². The van der Waals surface area contributed by atoms with Gasteiger partial charge < -0.3 is 15.5 Å². The molecule has 3 aromatic rings. The van der Waals surface area contributed by atoms with Crippen molar-refractivity contribution >= 4 is 16.6 Å². The molecule has 1 aliphatic carbocycles. The lowest BCUT2D eigenvalue weighted by Crippen LogP contribution is -2.55. The summed E-state index contributed by atoms with van der Waals surface area (Å²) in [5.74, 6) is -1.93. The number of aryl methyl sites for hydroxylation is 1. The van der Waals surface area contributed by atoms with E-state index in [2.05, 4.69) is 15.3 Å². The molecule has 1 unspecified atom stereocenters. The number of halogens is 4. The van der Waals surface area contributed by atoms with E-state index in [0.717, 1.165) is 6.07 Å². The second-order valence-electron chi connectivity index (χ2n) is 8.24. The third-order valence-electron chi connectivity index (χ3n) is 6.13. The molecule has 0 aliphatic heterocycles. The highest BCUT2D eigenvalue weighted by atomic mass is 19.4. The molecule has 9 heteroatoms. The molecule has 1 heterocycles. The van der Waals surface area contributed by atoms with Crippen LogP contribution in [0.5, 0.6) is 5.75 Å². The largest absolute Gasteiger partial charge is 0.505 e. The Kier molecular flexibility index (Phi) is 5.48. The van der Waals surface area contributed by atoms with Crippen LogP contribution in [-0.2, 0) is 0 Å². The van der Waals surface area contributed by atoms with Gasteiger partial charge >= 0.3 is 6.18 Å². The number of anilines is 1. The molecule has 0 bridgehead atoms. The molecule has 2 aromatic carbocycles. The van der Waals surface area contributed by atoms with Gasteiger partial charge in [0.05, 0.1) is 11.6 Å². The van der Waals surface area contributed by atoms with Gasteiger partial charge in [-0.05, 0) is 49.4 Å². The summed E-state index contributed by atoms with van der Waals surface area (Å²) in [7, 11) is 0. The molecule has 32 heavy (non-hydrogen) atoms. The van der Waals surface area contributed by atoms with Crippen molar-refractivity contribution in [1.82, 2.24) is 9.97 Å². The Morgan fingerprint density at radius 1 is 1.22 bits per heavy atom. The van der Waals surface area contributed by atoms with E-state index in [0.29, 0.717) is 28.8 Å². The fourth-order valence-corrected chi connectivity index (χ4v) is 4.63. The number of aromatic hydroxyl groups is 1. The average Bonchev–Trinajstić information content (AvgIpc) is 2.72. The SMILES string of the molecule is CCC[C@H]1CC(O)(C(F)(F)F)[C@@H](Nc2cccc3nc(C)ncc23)c2ccc(F)c(O)c21.